The molecule has 0 saturated carbocycles. The predicted molar refractivity (Wildman–Crippen MR) is 45.8 cm³/mol. The normalized spacial score (nSPS) is 12.0. The number of alkyl halides is 3. The number of aromatic nitrogens is 2. The second kappa shape index (κ2) is 4.04. The van der Waals surface area contributed by atoms with Crippen LogP contribution in [0, 0.1) is 0 Å². The van der Waals surface area contributed by atoms with Crippen LogP contribution >= 0.6 is 12.6 Å². The molecule has 0 atom stereocenters. The summed E-state index contributed by atoms with van der Waals surface area (Å²) in [5.41, 5.74) is -0.358. The summed E-state index contributed by atoms with van der Waals surface area (Å²) in [6, 6.07) is 1.03. The number of thiol groups is 1. The van der Waals surface area contributed by atoms with E-state index in [1.54, 1.807) is 0 Å². The maximum atomic E-state index is 12.0. The number of H-pyrrole nitrogens is 1. The first-order chi connectivity index (χ1) is 6.04. The Morgan fingerprint density at radius 1 is 1.46 bits per heavy atom. The van der Waals surface area contributed by atoms with E-state index in [1.807, 2.05) is 0 Å². The molecular formula is C7H9F3N2S. The molecule has 1 N–H and O–H groups in total. The van der Waals surface area contributed by atoms with Crippen LogP contribution in [0.5, 0.6) is 0 Å². The van der Waals surface area contributed by atoms with Crippen LogP contribution in [0.2, 0.25) is 0 Å². The molecule has 1 aromatic rings. The van der Waals surface area contributed by atoms with Crippen LogP contribution in [0.4, 0.5) is 13.2 Å². The molecule has 0 aliphatic heterocycles. The summed E-state index contributed by atoms with van der Waals surface area (Å²) in [5.74, 6) is 0.653. The van der Waals surface area contributed by atoms with Gasteiger partial charge in [0.15, 0.2) is 5.69 Å². The van der Waals surface area contributed by atoms with Crippen LogP contribution in [-0.2, 0) is 12.6 Å². The van der Waals surface area contributed by atoms with Gasteiger partial charge in [0.1, 0.15) is 0 Å². The zero-order valence-electron chi connectivity index (χ0n) is 6.73. The molecule has 1 heterocycles. The summed E-state index contributed by atoms with van der Waals surface area (Å²) >= 11 is 3.96. The van der Waals surface area contributed by atoms with E-state index in [9.17, 15) is 13.2 Å². The predicted octanol–water partition coefficient (Wildman–Crippen LogP) is 2.29. The van der Waals surface area contributed by atoms with Crippen LogP contribution in [0.1, 0.15) is 17.8 Å². The van der Waals surface area contributed by atoms with Gasteiger partial charge in [-0.25, -0.2) is 0 Å². The van der Waals surface area contributed by atoms with Crippen LogP contribution in [0.3, 0.4) is 0 Å². The fraction of sp³-hybridized carbons (Fsp3) is 0.571. The Kier molecular flexibility index (Phi) is 3.24. The minimum Gasteiger partial charge on any atom is -0.282 e. The minimum atomic E-state index is -4.35. The average molecular weight is 210 g/mol. The monoisotopic (exact) mass is 210 g/mol. The highest BCUT2D eigenvalue weighted by Gasteiger charge is 2.33. The van der Waals surface area contributed by atoms with Crippen molar-refractivity contribution in [3.8, 4) is 0 Å². The Balaban J connectivity index is 2.64. The number of hydrogen-bond donors (Lipinski definition) is 2. The Bertz CT molecular complexity index is 269. The maximum absolute atomic E-state index is 12.0. The van der Waals surface area contributed by atoms with Gasteiger partial charge in [0.05, 0.1) is 0 Å². The number of nitrogens with zero attached hydrogens (tertiary/aromatic N) is 1. The van der Waals surface area contributed by atoms with Crippen LogP contribution in [0.25, 0.3) is 0 Å². The van der Waals surface area contributed by atoms with Crippen molar-refractivity contribution in [3.63, 3.8) is 0 Å². The van der Waals surface area contributed by atoms with Gasteiger partial charge in [0, 0.05) is 5.69 Å². The molecule has 0 radical (unpaired) electrons. The second-order valence-electron chi connectivity index (χ2n) is 2.60. The second-order valence-corrected chi connectivity index (χ2v) is 3.05. The third-order valence-electron chi connectivity index (χ3n) is 1.53. The van der Waals surface area contributed by atoms with Crippen molar-refractivity contribution in [2.75, 3.05) is 5.75 Å². The minimum absolute atomic E-state index is 0.501. The summed E-state index contributed by atoms with van der Waals surface area (Å²) in [7, 11) is 0. The molecule has 0 saturated heterocycles. The molecule has 1 rings (SSSR count). The highest BCUT2D eigenvalue weighted by atomic mass is 32.1. The third-order valence-corrected chi connectivity index (χ3v) is 1.84. The first-order valence-corrected chi connectivity index (χ1v) is 4.39. The van der Waals surface area contributed by atoms with E-state index < -0.39 is 11.9 Å². The van der Waals surface area contributed by atoms with E-state index in [0.29, 0.717) is 17.9 Å². The van der Waals surface area contributed by atoms with Gasteiger partial charge in [0.2, 0.25) is 0 Å². The molecule has 0 aliphatic carbocycles. The topological polar surface area (TPSA) is 28.7 Å². The SMILES string of the molecule is FC(F)(F)c1cc(CCCS)[nH]n1. The summed E-state index contributed by atoms with van der Waals surface area (Å²) in [5, 5.41) is 5.51. The van der Waals surface area contributed by atoms with E-state index in [4.69, 9.17) is 0 Å². The van der Waals surface area contributed by atoms with Crippen molar-refractivity contribution in [3.05, 3.63) is 17.5 Å². The van der Waals surface area contributed by atoms with Crippen molar-refractivity contribution in [2.24, 2.45) is 0 Å². The van der Waals surface area contributed by atoms with E-state index in [1.165, 1.54) is 0 Å². The smallest absolute Gasteiger partial charge is 0.282 e. The van der Waals surface area contributed by atoms with Gasteiger partial charge in [-0.05, 0) is 24.7 Å². The molecule has 0 amide bonds. The molecular weight excluding hydrogens is 201 g/mol. The van der Waals surface area contributed by atoms with Crippen molar-refractivity contribution >= 4 is 12.6 Å². The Morgan fingerprint density at radius 2 is 2.15 bits per heavy atom. The van der Waals surface area contributed by atoms with Crippen LogP contribution in [-0.4, -0.2) is 16.0 Å². The van der Waals surface area contributed by atoms with Gasteiger partial charge in [0.25, 0.3) is 0 Å². The highest BCUT2D eigenvalue weighted by molar-refractivity contribution is 7.80. The lowest BCUT2D eigenvalue weighted by Crippen LogP contribution is -2.04. The summed E-state index contributed by atoms with van der Waals surface area (Å²) in [6.07, 6.45) is -3.06. The van der Waals surface area contributed by atoms with E-state index in [2.05, 4.69) is 22.8 Å². The molecule has 0 aromatic carbocycles. The lowest BCUT2D eigenvalue weighted by atomic mass is 10.2. The van der Waals surface area contributed by atoms with Crippen molar-refractivity contribution in [1.82, 2.24) is 10.2 Å². The molecule has 0 bridgehead atoms. The Labute approximate surface area is 78.9 Å². The standard InChI is InChI=1S/C7H9F3N2S/c8-7(9,10)6-4-5(11-12-6)2-1-3-13/h4,13H,1-3H2,(H,11,12). The van der Waals surface area contributed by atoms with Crippen LogP contribution in [0.15, 0.2) is 6.07 Å². The Morgan fingerprint density at radius 3 is 2.62 bits per heavy atom. The molecule has 0 aliphatic rings. The number of hydrogen-bond acceptors (Lipinski definition) is 2. The number of aromatic amines is 1. The summed E-state index contributed by atoms with van der Waals surface area (Å²) < 4.78 is 36.1. The molecule has 2 nitrogen and oxygen atoms in total. The largest absolute Gasteiger partial charge is 0.435 e. The quantitative estimate of drug-likeness (QED) is 0.736. The zero-order chi connectivity index (χ0) is 9.90. The zero-order valence-corrected chi connectivity index (χ0v) is 7.62. The van der Waals surface area contributed by atoms with Gasteiger partial charge >= 0.3 is 6.18 Å². The van der Waals surface area contributed by atoms with Gasteiger partial charge in [-0.1, -0.05) is 0 Å². The number of rotatable bonds is 3. The van der Waals surface area contributed by atoms with Crippen molar-refractivity contribution < 1.29 is 13.2 Å². The van der Waals surface area contributed by atoms with Gasteiger partial charge in [-0.3, -0.25) is 5.10 Å². The van der Waals surface area contributed by atoms with Crippen molar-refractivity contribution in [2.45, 2.75) is 19.0 Å². The van der Waals surface area contributed by atoms with E-state index in [-0.39, 0.29) is 0 Å². The molecule has 6 heteroatoms. The van der Waals surface area contributed by atoms with E-state index >= 15 is 0 Å². The third kappa shape index (κ3) is 2.95. The number of nitrogens with one attached hydrogen (secondary N) is 1. The van der Waals surface area contributed by atoms with Gasteiger partial charge in [-0.15, -0.1) is 0 Å². The van der Waals surface area contributed by atoms with Gasteiger partial charge in [-0.2, -0.15) is 30.9 Å². The van der Waals surface area contributed by atoms with Crippen LogP contribution < -0.4 is 0 Å². The van der Waals surface area contributed by atoms with Gasteiger partial charge < -0.3 is 0 Å². The summed E-state index contributed by atoms with van der Waals surface area (Å²) in [4.78, 5) is 0. The van der Waals surface area contributed by atoms with Crippen molar-refractivity contribution in [1.29, 1.82) is 0 Å². The van der Waals surface area contributed by atoms with E-state index in [0.717, 1.165) is 12.5 Å². The Hall–Kier alpha value is -0.650. The first kappa shape index (κ1) is 10.4. The fourth-order valence-corrected chi connectivity index (χ4v) is 1.06. The molecule has 74 valence electrons. The molecule has 0 spiro atoms. The molecule has 0 unspecified atom stereocenters. The molecule has 13 heavy (non-hydrogen) atoms. The molecule has 0 fully saturated rings. The lowest BCUT2D eigenvalue weighted by molar-refractivity contribution is -0.141. The highest BCUT2D eigenvalue weighted by Crippen LogP contribution is 2.27. The maximum Gasteiger partial charge on any atom is 0.435 e. The molecule has 1 aromatic heterocycles. The number of aryl methyl sites for hydroxylation is 1. The first-order valence-electron chi connectivity index (χ1n) is 3.76. The number of halogens is 3. The lowest BCUT2D eigenvalue weighted by Gasteiger charge is -1.98. The average Bonchev–Trinajstić information content (AvgIpc) is 2.47. The fourth-order valence-electron chi connectivity index (χ4n) is 0.904. The summed E-state index contributed by atoms with van der Waals surface area (Å²) in [6.45, 7) is 0.